The van der Waals surface area contributed by atoms with Gasteiger partial charge in [0.05, 0.1) is 6.10 Å². The van der Waals surface area contributed by atoms with E-state index in [4.69, 9.17) is 4.74 Å². The van der Waals surface area contributed by atoms with Crippen molar-refractivity contribution in [2.45, 2.75) is 45.1 Å². The van der Waals surface area contributed by atoms with E-state index >= 15 is 0 Å². The molecule has 1 unspecified atom stereocenters. The molecule has 2 saturated heterocycles. The first-order chi connectivity index (χ1) is 14.2. The number of rotatable bonds is 6. The summed E-state index contributed by atoms with van der Waals surface area (Å²) in [6.45, 7) is 5.11. The summed E-state index contributed by atoms with van der Waals surface area (Å²) in [5.41, 5.74) is 1.85. The number of anilines is 1. The van der Waals surface area contributed by atoms with Crippen LogP contribution in [0.25, 0.3) is 0 Å². The summed E-state index contributed by atoms with van der Waals surface area (Å²) in [5, 5.41) is 2.96. The van der Waals surface area contributed by atoms with Crippen molar-refractivity contribution < 1.29 is 9.53 Å². The van der Waals surface area contributed by atoms with Crippen molar-refractivity contribution >= 4 is 11.7 Å². The van der Waals surface area contributed by atoms with Gasteiger partial charge in [-0.05, 0) is 50.5 Å². The van der Waals surface area contributed by atoms with E-state index in [2.05, 4.69) is 50.5 Å². The molecule has 1 atom stereocenters. The summed E-state index contributed by atoms with van der Waals surface area (Å²) >= 11 is 0. The molecule has 2 aliphatic heterocycles. The van der Waals surface area contributed by atoms with Gasteiger partial charge in [0.1, 0.15) is 17.3 Å². The van der Waals surface area contributed by atoms with E-state index in [9.17, 15) is 4.79 Å². The van der Waals surface area contributed by atoms with Crippen LogP contribution in [0.15, 0.2) is 36.4 Å². The zero-order valence-electron chi connectivity index (χ0n) is 17.1. The van der Waals surface area contributed by atoms with Gasteiger partial charge in [-0.25, -0.2) is 9.97 Å². The Hall–Kier alpha value is -2.47. The van der Waals surface area contributed by atoms with Gasteiger partial charge in [0.2, 0.25) is 0 Å². The van der Waals surface area contributed by atoms with E-state index in [1.165, 1.54) is 5.56 Å². The molecule has 6 nitrogen and oxygen atoms in total. The molecule has 154 valence electrons. The van der Waals surface area contributed by atoms with Gasteiger partial charge in [-0.1, -0.05) is 30.3 Å². The summed E-state index contributed by atoms with van der Waals surface area (Å²) in [7, 11) is 0. The van der Waals surface area contributed by atoms with Crippen molar-refractivity contribution in [2.24, 2.45) is 5.92 Å². The number of piperidine rings is 1. The van der Waals surface area contributed by atoms with Gasteiger partial charge >= 0.3 is 0 Å². The lowest BCUT2D eigenvalue weighted by Crippen LogP contribution is -2.36. The number of hydrogen-bond acceptors (Lipinski definition) is 5. The van der Waals surface area contributed by atoms with Crippen LogP contribution in [0.4, 0.5) is 5.82 Å². The molecule has 0 spiro atoms. The fourth-order valence-corrected chi connectivity index (χ4v) is 4.25. The van der Waals surface area contributed by atoms with E-state index in [0.717, 1.165) is 57.6 Å². The molecule has 6 heteroatoms. The highest BCUT2D eigenvalue weighted by Gasteiger charge is 2.23. The van der Waals surface area contributed by atoms with Crippen LogP contribution < -0.4 is 10.2 Å². The summed E-state index contributed by atoms with van der Waals surface area (Å²) in [5.74, 6) is 2.05. The minimum Gasteiger partial charge on any atom is -0.376 e. The Morgan fingerprint density at radius 2 is 1.97 bits per heavy atom. The van der Waals surface area contributed by atoms with Gasteiger partial charge in [0.25, 0.3) is 5.91 Å². The molecule has 0 radical (unpaired) electrons. The summed E-state index contributed by atoms with van der Waals surface area (Å²) in [4.78, 5) is 23.8. The quantitative estimate of drug-likeness (QED) is 0.815. The highest BCUT2D eigenvalue weighted by molar-refractivity contribution is 5.93. The molecule has 1 aromatic carbocycles. The Morgan fingerprint density at radius 1 is 1.17 bits per heavy atom. The molecule has 1 N–H and O–H groups in total. The number of hydrogen-bond donors (Lipinski definition) is 1. The largest absolute Gasteiger partial charge is 0.376 e. The predicted octanol–water partition coefficient (Wildman–Crippen LogP) is 3.15. The van der Waals surface area contributed by atoms with E-state index in [0.29, 0.717) is 24.0 Å². The molecule has 2 fully saturated rings. The molecule has 29 heavy (non-hydrogen) atoms. The van der Waals surface area contributed by atoms with Crippen LogP contribution in [-0.4, -0.2) is 48.2 Å². The van der Waals surface area contributed by atoms with Gasteiger partial charge in [-0.3, -0.25) is 4.79 Å². The Morgan fingerprint density at radius 3 is 2.69 bits per heavy atom. The van der Waals surface area contributed by atoms with Gasteiger partial charge in [-0.15, -0.1) is 0 Å². The third kappa shape index (κ3) is 5.32. The normalized spacial score (nSPS) is 20.0. The highest BCUT2D eigenvalue weighted by atomic mass is 16.5. The van der Waals surface area contributed by atoms with Crippen molar-refractivity contribution in [3.8, 4) is 0 Å². The van der Waals surface area contributed by atoms with E-state index in [1.807, 2.05) is 13.0 Å². The third-order valence-corrected chi connectivity index (χ3v) is 5.88. The average Bonchev–Trinajstić information content (AvgIpc) is 3.26. The van der Waals surface area contributed by atoms with E-state index < -0.39 is 0 Å². The van der Waals surface area contributed by atoms with Crippen LogP contribution >= 0.6 is 0 Å². The average molecular weight is 395 g/mol. The first-order valence-electron chi connectivity index (χ1n) is 10.7. The van der Waals surface area contributed by atoms with Crippen LogP contribution in [0.2, 0.25) is 0 Å². The fraction of sp³-hybridized carbons (Fsp3) is 0.522. The molecule has 4 rings (SSSR count). The van der Waals surface area contributed by atoms with Crippen molar-refractivity contribution in [3.63, 3.8) is 0 Å². The van der Waals surface area contributed by atoms with Gasteiger partial charge < -0.3 is 15.0 Å². The Balaban J connectivity index is 1.34. The minimum absolute atomic E-state index is 0.130. The predicted molar refractivity (Wildman–Crippen MR) is 113 cm³/mol. The number of aromatic nitrogens is 2. The van der Waals surface area contributed by atoms with Crippen LogP contribution in [0, 0.1) is 12.8 Å². The lowest BCUT2D eigenvalue weighted by Gasteiger charge is -2.33. The minimum atomic E-state index is -0.147. The van der Waals surface area contributed by atoms with E-state index in [1.54, 1.807) is 0 Å². The maximum Gasteiger partial charge on any atom is 0.270 e. The molecule has 0 saturated carbocycles. The monoisotopic (exact) mass is 394 g/mol. The summed E-state index contributed by atoms with van der Waals surface area (Å²) < 4.78 is 5.58. The lowest BCUT2D eigenvalue weighted by molar-refractivity contribution is 0.0853. The SMILES string of the molecule is Cc1nc(C(=O)NCC2CCCO2)cc(N2CCC(Cc3ccccc3)CC2)n1. The molecule has 1 aromatic heterocycles. The molecule has 3 heterocycles. The molecule has 1 amide bonds. The summed E-state index contributed by atoms with van der Waals surface area (Å²) in [6.07, 6.45) is 5.61. The van der Waals surface area contributed by atoms with Crippen LogP contribution in [0.1, 0.15) is 47.6 Å². The van der Waals surface area contributed by atoms with Gasteiger partial charge in [0.15, 0.2) is 0 Å². The Labute approximate surface area is 172 Å². The van der Waals surface area contributed by atoms with Crippen LogP contribution in [0.5, 0.6) is 0 Å². The highest BCUT2D eigenvalue weighted by Crippen LogP contribution is 2.25. The molecule has 2 aromatic rings. The smallest absolute Gasteiger partial charge is 0.270 e. The van der Waals surface area contributed by atoms with Crippen molar-refractivity contribution in [1.82, 2.24) is 15.3 Å². The van der Waals surface area contributed by atoms with Crippen LogP contribution in [0.3, 0.4) is 0 Å². The number of nitrogens with zero attached hydrogens (tertiary/aromatic N) is 3. The van der Waals surface area contributed by atoms with Gasteiger partial charge in [-0.2, -0.15) is 0 Å². The third-order valence-electron chi connectivity index (χ3n) is 5.88. The second-order valence-corrected chi connectivity index (χ2v) is 8.12. The zero-order chi connectivity index (χ0) is 20.1. The number of nitrogens with one attached hydrogen (secondary N) is 1. The number of amides is 1. The number of benzene rings is 1. The zero-order valence-corrected chi connectivity index (χ0v) is 17.1. The molecule has 2 aliphatic rings. The topological polar surface area (TPSA) is 67.3 Å². The first kappa shape index (κ1) is 19.8. The van der Waals surface area contributed by atoms with Crippen molar-refractivity contribution in [1.29, 1.82) is 0 Å². The molecular weight excluding hydrogens is 364 g/mol. The standard InChI is InChI=1S/C23H30N4O2/c1-17-25-21(23(28)24-16-20-8-5-13-29-20)15-22(26-17)27-11-9-19(10-12-27)14-18-6-3-2-4-7-18/h2-4,6-7,15,19-20H,5,8-14,16H2,1H3,(H,24,28). The molecular formula is C23H30N4O2. The Bertz CT molecular complexity index is 813. The lowest BCUT2D eigenvalue weighted by atomic mass is 9.90. The number of carbonyl (C=O) groups excluding carboxylic acids is 1. The summed E-state index contributed by atoms with van der Waals surface area (Å²) in [6, 6.07) is 12.5. The maximum atomic E-state index is 12.6. The first-order valence-corrected chi connectivity index (χ1v) is 10.7. The molecule has 0 aliphatic carbocycles. The maximum absolute atomic E-state index is 12.6. The van der Waals surface area contributed by atoms with E-state index in [-0.39, 0.29) is 12.0 Å². The van der Waals surface area contributed by atoms with Crippen molar-refractivity contribution in [2.75, 3.05) is 31.1 Å². The van der Waals surface area contributed by atoms with Gasteiger partial charge in [0, 0.05) is 32.3 Å². The number of aryl methyl sites for hydroxylation is 1. The van der Waals surface area contributed by atoms with Crippen molar-refractivity contribution in [3.05, 3.63) is 53.5 Å². The number of ether oxygens (including phenoxy) is 1. The fourth-order valence-electron chi connectivity index (χ4n) is 4.25. The second kappa shape index (κ2) is 9.35. The second-order valence-electron chi connectivity index (χ2n) is 8.12. The Kier molecular flexibility index (Phi) is 6.39. The molecule has 0 bridgehead atoms. The number of carbonyl (C=O) groups is 1. The van der Waals surface area contributed by atoms with Crippen LogP contribution in [-0.2, 0) is 11.2 Å².